The fourth-order valence-corrected chi connectivity index (χ4v) is 2.55. The Morgan fingerprint density at radius 1 is 1.32 bits per heavy atom. The van der Waals surface area contributed by atoms with Gasteiger partial charge in [0.2, 0.25) is 5.91 Å². The Morgan fingerprint density at radius 3 is 2.74 bits per heavy atom. The van der Waals surface area contributed by atoms with Crippen LogP contribution in [0.25, 0.3) is 6.08 Å². The van der Waals surface area contributed by atoms with E-state index >= 15 is 0 Å². The molecule has 2 rings (SSSR count). The third kappa shape index (κ3) is 4.06. The quantitative estimate of drug-likeness (QED) is 0.836. The van der Waals surface area contributed by atoms with E-state index < -0.39 is 5.82 Å². The molecule has 0 spiro atoms. The lowest BCUT2D eigenvalue weighted by Crippen LogP contribution is -2.34. The topological polar surface area (TPSA) is 29.1 Å². The van der Waals surface area contributed by atoms with Gasteiger partial charge in [-0.3, -0.25) is 4.79 Å². The van der Waals surface area contributed by atoms with E-state index in [9.17, 15) is 9.18 Å². The monoisotopic (exact) mass is 281 g/mol. The molecule has 0 radical (unpaired) electrons. The maximum atomic E-state index is 13.5. The average Bonchev–Trinajstić information content (AvgIpc) is 2.39. The summed E-state index contributed by atoms with van der Waals surface area (Å²) >= 11 is 5.88. The SMILES string of the molecule is O=C(/C=C/c1c(F)cccc1Cl)NC1CCCCC1. The van der Waals surface area contributed by atoms with Crippen molar-refractivity contribution in [1.82, 2.24) is 5.32 Å². The minimum Gasteiger partial charge on any atom is -0.350 e. The summed E-state index contributed by atoms with van der Waals surface area (Å²) in [5.41, 5.74) is 0.253. The third-order valence-electron chi connectivity index (χ3n) is 3.35. The maximum absolute atomic E-state index is 13.5. The van der Waals surface area contributed by atoms with Gasteiger partial charge in [-0.25, -0.2) is 4.39 Å². The highest BCUT2D eigenvalue weighted by Crippen LogP contribution is 2.20. The average molecular weight is 282 g/mol. The van der Waals surface area contributed by atoms with Crippen molar-refractivity contribution in [3.05, 3.63) is 40.7 Å². The number of amides is 1. The van der Waals surface area contributed by atoms with Crippen LogP contribution in [0.2, 0.25) is 5.02 Å². The van der Waals surface area contributed by atoms with Crippen LogP contribution in [-0.2, 0) is 4.79 Å². The molecule has 0 aliphatic heterocycles. The summed E-state index contributed by atoms with van der Waals surface area (Å²) in [5, 5.41) is 3.24. The van der Waals surface area contributed by atoms with Gasteiger partial charge in [-0.15, -0.1) is 0 Å². The molecule has 1 aromatic carbocycles. The molecule has 0 unspecified atom stereocenters. The van der Waals surface area contributed by atoms with Crippen LogP contribution >= 0.6 is 11.6 Å². The largest absolute Gasteiger partial charge is 0.350 e. The van der Waals surface area contributed by atoms with Crippen molar-refractivity contribution < 1.29 is 9.18 Å². The maximum Gasteiger partial charge on any atom is 0.244 e. The molecular formula is C15H17ClFNO. The summed E-state index contributed by atoms with van der Waals surface area (Å²) in [6.45, 7) is 0. The van der Waals surface area contributed by atoms with Crippen molar-refractivity contribution in [2.75, 3.05) is 0 Å². The summed E-state index contributed by atoms with van der Waals surface area (Å²) in [4.78, 5) is 11.7. The normalized spacial score (nSPS) is 16.7. The zero-order chi connectivity index (χ0) is 13.7. The van der Waals surface area contributed by atoms with E-state index in [1.807, 2.05) is 0 Å². The second-order valence-electron chi connectivity index (χ2n) is 4.81. The lowest BCUT2D eigenvalue weighted by atomic mass is 9.95. The van der Waals surface area contributed by atoms with E-state index in [1.54, 1.807) is 6.07 Å². The molecule has 0 heterocycles. The predicted octanol–water partition coefficient (Wildman–Crippen LogP) is 3.94. The molecule has 19 heavy (non-hydrogen) atoms. The summed E-state index contributed by atoms with van der Waals surface area (Å²) in [5.74, 6) is -0.611. The van der Waals surface area contributed by atoms with Crippen molar-refractivity contribution >= 4 is 23.6 Å². The first-order valence-corrected chi connectivity index (χ1v) is 6.97. The van der Waals surface area contributed by atoms with Crippen molar-refractivity contribution in [3.8, 4) is 0 Å². The number of rotatable bonds is 3. The molecule has 1 aliphatic rings. The zero-order valence-electron chi connectivity index (χ0n) is 10.7. The number of hydrogen-bond acceptors (Lipinski definition) is 1. The fraction of sp³-hybridized carbons (Fsp3) is 0.400. The Balaban J connectivity index is 1.96. The van der Waals surface area contributed by atoms with Crippen LogP contribution in [0.1, 0.15) is 37.7 Å². The van der Waals surface area contributed by atoms with Gasteiger partial charge in [0.15, 0.2) is 0 Å². The van der Waals surface area contributed by atoms with Crippen molar-refractivity contribution in [2.45, 2.75) is 38.1 Å². The molecular weight excluding hydrogens is 265 g/mol. The van der Waals surface area contributed by atoms with Crippen LogP contribution in [0.5, 0.6) is 0 Å². The fourth-order valence-electron chi connectivity index (χ4n) is 2.33. The predicted molar refractivity (Wildman–Crippen MR) is 75.5 cm³/mol. The molecule has 0 atom stereocenters. The highest BCUT2D eigenvalue weighted by atomic mass is 35.5. The summed E-state index contributed by atoms with van der Waals surface area (Å²) in [7, 11) is 0. The Hall–Kier alpha value is -1.35. The summed E-state index contributed by atoms with van der Waals surface area (Å²) in [6.07, 6.45) is 8.39. The smallest absolute Gasteiger partial charge is 0.244 e. The molecule has 0 bridgehead atoms. The molecule has 0 saturated heterocycles. The third-order valence-corrected chi connectivity index (χ3v) is 3.68. The molecule has 0 aromatic heterocycles. The Kier molecular flexibility index (Phi) is 4.97. The van der Waals surface area contributed by atoms with Crippen molar-refractivity contribution in [1.29, 1.82) is 0 Å². The molecule has 1 aliphatic carbocycles. The van der Waals surface area contributed by atoms with Gasteiger partial charge in [0.1, 0.15) is 5.82 Å². The lowest BCUT2D eigenvalue weighted by Gasteiger charge is -2.21. The van der Waals surface area contributed by atoms with Crippen LogP contribution in [0, 0.1) is 5.82 Å². The Morgan fingerprint density at radius 2 is 2.05 bits per heavy atom. The van der Waals surface area contributed by atoms with Gasteiger partial charge in [-0.05, 0) is 31.1 Å². The molecule has 1 fully saturated rings. The number of benzene rings is 1. The van der Waals surface area contributed by atoms with Gasteiger partial charge in [0.25, 0.3) is 0 Å². The van der Waals surface area contributed by atoms with Crippen LogP contribution in [0.15, 0.2) is 24.3 Å². The van der Waals surface area contributed by atoms with E-state index in [-0.39, 0.29) is 17.5 Å². The molecule has 1 N–H and O–H groups in total. The minimum atomic E-state index is -0.422. The van der Waals surface area contributed by atoms with Crippen molar-refractivity contribution in [3.63, 3.8) is 0 Å². The molecule has 1 saturated carbocycles. The lowest BCUT2D eigenvalue weighted by molar-refractivity contribution is -0.117. The van der Waals surface area contributed by atoms with Gasteiger partial charge >= 0.3 is 0 Å². The standard InChI is InChI=1S/C15H17ClFNO/c16-13-7-4-8-14(17)12(13)9-10-15(19)18-11-5-2-1-3-6-11/h4,7-11H,1-3,5-6H2,(H,18,19)/b10-9+. The first-order valence-electron chi connectivity index (χ1n) is 6.59. The number of carbonyl (C=O) groups excluding carboxylic acids is 1. The van der Waals surface area contributed by atoms with Crippen molar-refractivity contribution in [2.24, 2.45) is 0 Å². The van der Waals surface area contributed by atoms with Crippen LogP contribution in [0.4, 0.5) is 4.39 Å². The second-order valence-corrected chi connectivity index (χ2v) is 5.22. The van der Waals surface area contributed by atoms with E-state index in [0.717, 1.165) is 25.7 Å². The van der Waals surface area contributed by atoms with E-state index in [4.69, 9.17) is 11.6 Å². The number of carbonyl (C=O) groups is 1. The number of halogens is 2. The molecule has 4 heteroatoms. The van der Waals surface area contributed by atoms with E-state index in [2.05, 4.69) is 5.32 Å². The van der Waals surface area contributed by atoms with Crippen LogP contribution in [-0.4, -0.2) is 11.9 Å². The Bertz CT molecular complexity index is 461. The molecule has 102 valence electrons. The van der Waals surface area contributed by atoms with Gasteiger partial charge < -0.3 is 5.32 Å². The second kappa shape index (κ2) is 6.71. The van der Waals surface area contributed by atoms with E-state index in [1.165, 1.54) is 30.7 Å². The van der Waals surface area contributed by atoms with Crippen LogP contribution in [0.3, 0.4) is 0 Å². The molecule has 2 nitrogen and oxygen atoms in total. The first kappa shape index (κ1) is 14.1. The molecule has 1 aromatic rings. The first-order chi connectivity index (χ1) is 9.16. The highest BCUT2D eigenvalue weighted by Gasteiger charge is 2.14. The van der Waals surface area contributed by atoms with Gasteiger partial charge in [0.05, 0.1) is 5.02 Å². The van der Waals surface area contributed by atoms with Gasteiger partial charge in [-0.2, -0.15) is 0 Å². The van der Waals surface area contributed by atoms with E-state index in [0.29, 0.717) is 5.02 Å². The molecule has 1 amide bonds. The summed E-state index contributed by atoms with van der Waals surface area (Å²) < 4.78 is 13.5. The Labute approximate surface area is 117 Å². The van der Waals surface area contributed by atoms with Gasteiger partial charge in [-0.1, -0.05) is 36.9 Å². The van der Waals surface area contributed by atoms with Gasteiger partial charge in [0, 0.05) is 17.7 Å². The zero-order valence-corrected chi connectivity index (χ0v) is 11.4. The number of hydrogen-bond donors (Lipinski definition) is 1. The summed E-state index contributed by atoms with van der Waals surface area (Å²) in [6, 6.07) is 4.72. The van der Waals surface area contributed by atoms with Crippen LogP contribution < -0.4 is 5.32 Å². The number of nitrogens with one attached hydrogen (secondary N) is 1. The minimum absolute atomic E-state index is 0.189. The highest BCUT2D eigenvalue weighted by molar-refractivity contribution is 6.32.